The summed E-state index contributed by atoms with van der Waals surface area (Å²) >= 11 is 0. The van der Waals surface area contributed by atoms with Crippen LogP contribution in [-0.2, 0) is 29.1 Å². The molecule has 0 radical (unpaired) electrons. The van der Waals surface area contributed by atoms with Crippen molar-refractivity contribution in [3.8, 4) is 11.1 Å². The minimum absolute atomic E-state index is 0.127. The van der Waals surface area contributed by atoms with Gasteiger partial charge in [0.25, 0.3) is 0 Å². The van der Waals surface area contributed by atoms with Gasteiger partial charge in [-0.2, -0.15) is 9.78 Å². The van der Waals surface area contributed by atoms with E-state index in [0.717, 1.165) is 11.1 Å². The van der Waals surface area contributed by atoms with E-state index in [1.807, 2.05) is 42.5 Å². The average Bonchev–Trinajstić information content (AvgIpc) is 2.77. The Morgan fingerprint density at radius 1 is 0.767 bits per heavy atom. The number of aliphatic hydroxyl groups excluding tert-OH is 2. The maximum atomic E-state index is 11.8. The molecular weight excluding hydrogens is 392 g/mol. The molecule has 0 spiro atoms. The predicted molar refractivity (Wildman–Crippen MR) is 108 cm³/mol. The first-order valence-electron chi connectivity index (χ1n) is 9.09. The van der Waals surface area contributed by atoms with Gasteiger partial charge in [-0.25, -0.2) is 9.59 Å². The molecule has 2 N–H and O–H groups in total. The van der Waals surface area contributed by atoms with Crippen molar-refractivity contribution in [1.29, 1.82) is 0 Å². The van der Waals surface area contributed by atoms with Crippen LogP contribution in [0.3, 0.4) is 0 Å². The van der Waals surface area contributed by atoms with Crippen molar-refractivity contribution in [3.05, 3.63) is 71.8 Å². The summed E-state index contributed by atoms with van der Waals surface area (Å²) in [6.07, 6.45) is 5.41. The monoisotopic (exact) mass is 414 g/mol. The van der Waals surface area contributed by atoms with Crippen LogP contribution in [0.4, 0.5) is 0 Å². The molecule has 30 heavy (non-hydrogen) atoms. The first kappa shape index (κ1) is 23.0. The fourth-order valence-electron chi connectivity index (χ4n) is 2.42. The molecule has 0 atom stereocenters. The molecule has 2 aromatic carbocycles. The van der Waals surface area contributed by atoms with E-state index in [1.54, 1.807) is 12.1 Å². The molecule has 0 heterocycles. The van der Waals surface area contributed by atoms with Crippen LogP contribution in [0.15, 0.2) is 60.7 Å². The third kappa shape index (κ3) is 7.61. The van der Waals surface area contributed by atoms with Crippen molar-refractivity contribution in [3.63, 3.8) is 0 Å². The lowest BCUT2D eigenvalue weighted by Crippen LogP contribution is -2.05. The van der Waals surface area contributed by atoms with Gasteiger partial charge in [0, 0.05) is 12.2 Å². The fraction of sp³-hybridized carbons (Fsp3) is 0.182. The molecule has 0 saturated heterocycles. The summed E-state index contributed by atoms with van der Waals surface area (Å²) in [6, 6.07) is 15.0. The van der Waals surface area contributed by atoms with E-state index >= 15 is 0 Å². The zero-order valence-electron chi connectivity index (χ0n) is 16.1. The molecule has 0 aromatic heterocycles. The van der Waals surface area contributed by atoms with Crippen LogP contribution >= 0.6 is 0 Å². The van der Waals surface area contributed by atoms with Crippen LogP contribution < -0.4 is 0 Å². The topological polar surface area (TPSA) is 112 Å². The van der Waals surface area contributed by atoms with Crippen LogP contribution in [-0.4, -0.2) is 48.6 Å². The van der Waals surface area contributed by atoms with Crippen LogP contribution in [0.25, 0.3) is 23.3 Å². The Balaban J connectivity index is 2.30. The Morgan fingerprint density at radius 2 is 1.37 bits per heavy atom. The van der Waals surface area contributed by atoms with Crippen molar-refractivity contribution >= 4 is 24.1 Å². The first-order chi connectivity index (χ1) is 14.7. The summed E-state index contributed by atoms with van der Waals surface area (Å²) in [4.78, 5) is 41.6. The number of carbonyl (C=O) groups excluding carboxylic acids is 2. The molecule has 0 saturated carbocycles. The van der Waals surface area contributed by atoms with Crippen LogP contribution in [0.1, 0.15) is 11.1 Å². The molecule has 0 amide bonds. The Bertz CT molecular complexity index is 874. The number of hydrogen-bond acceptors (Lipinski definition) is 8. The Hall–Kier alpha value is -3.30. The Morgan fingerprint density at radius 3 is 1.97 bits per heavy atom. The SMILES string of the molecule is O=C(C=Cc1cccc(-c2ccccc2)c1C=CC(=O)OOCCO)OOCCO. The fourth-order valence-corrected chi connectivity index (χ4v) is 2.42. The van der Waals surface area contributed by atoms with Gasteiger partial charge in [-0.3, -0.25) is 9.78 Å². The summed E-state index contributed by atoms with van der Waals surface area (Å²) < 4.78 is 0. The highest BCUT2D eigenvalue weighted by Gasteiger charge is 2.08. The van der Waals surface area contributed by atoms with E-state index in [0.29, 0.717) is 11.1 Å². The van der Waals surface area contributed by atoms with Crippen LogP contribution in [0.5, 0.6) is 0 Å². The van der Waals surface area contributed by atoms with Gasteiger partial charge in [-0.1, -0.05) is 48.5 Å². The lowest BCUT2D eigenvalue weighted by molar-refractivity contribution is -0.270. The molecular formula is C22H22O8. The second-order valence-electron chi connectivity index (χ2n) is 5.74. The van der Waals surface area contributed by atoms with Crippen molar-refractivity contribution in [2.75, 3.05) is 26.4 Å². The van der Waals surface area contributed by atoms with Gasteiger partial charge in [-0.15, -0.1) is 0 Å². The molecule has 0 aliphatic carbocycles. The maximum Gasteiger partial charge on any atom is 0.365 e. The smallest absolute Gasteiger partial charge is 0.365 e. The highest BCUT2D eigenvalue weighted by Crippen LogP contribution is 2.28. The lowest BCUT2D eigenvalue weighted by Gasteiger charge is -2.10. The standard InChI is InChI=1S/C22H22O8/c23-13-15-27-29-21(25)11-9-18-7-4-8-19(17-5-2-1-3-6-17)20(18)10-12-22(26)30-28-16-14-24/h1-12,23-24H,13-16H2. The zero-order valence-corrected chi connectivity index (χ0v) is 16.1. The highest BCUT2D eigenvalue weighted by atomic mass is 17.2. The minimum Gasteiger partial charge on any atom is -0.394 e. The predicted octanol–water partition coefficient (Wildman–Crippen LogP) is 2.31. The number of hydrogen-bond donors (Lipinski definition) is 2. The van der Waals surface area contributed by atoms with Gasteiger partial charge in [0.05, 0.1) is 13.2 Å². The van der Waals surface area contributed by atoms with Crippen molar-refractivity contribution < 1.29 is 39.4 Å². The maximum absolute atomic E-state index is 11.8. The summed E-state index contributed by atoms with van der Waals surface area (Å²) in [5.74, 6) is -1.50. The molecule has 8 nitrogen and oxygen atoms in total. The van der Waals surface area contributed by atoms with Gasteiger partial charge in [-0.05, 0) is 34.4 Å². The van der Waals surface area contributed by atoms with E-state index in [-0.39, 0.29) is 26.4 Å². The highest BCUT2D eigenvalue weighted by molar-refractivity contribution is 5.93. The van der Waals surface area contributed by atoms with Crippen molar-refractivity contribution in [1.82, 2.24) is 0 Å². The molecule has 0 bridgehead atoms. The van der Waals surface area contributed by atoms with Gasteiger partial charge < -0.3 is 10.2 Å². The lowest BCUT2D eigenvalue weighted by atomic mass is 9.94. The first-order valence-corrected chi connectivity index (χ1v) is 9.09. The number of carbonyl (C=O) groups is 2. The quantitative estimate of drug-likeness (QED) is 0.249. The molecule has 0 aliphatic rings. The van der Waals surface area contributed by atoms with E-state index in [9.17, 15) is 9.59 Å². The van der Waals surface area contributed by atoms with Crippen LogP contribution in [0.2, 0.25) is 0 Å². The molecule has 158 valence electrons. The largest absolute Gasteiger partial charge is 0.394 e. The number of rotatable bonds is 11. The molecule has 0 unspecified atom stereocenters. The Labute approximate surface area is 173 Å². The summed E-state index contributed by atoms with van der Waals surface area (Å²) in [5, 5.41) is 17.3. The van der Waals surface area contributed by atoms with Crippen molar-refractivity contribution in [2.45, 2.75) is 0 Å². The van der Waals surface area contributed by atoms with E-state index < -0.39 is 11.9 Å². The third-order valence-electron chi connectivity index (χ3n) is 3.64. The number of aliphatic hydroxyl groups is 2. The van der Waals surface area contributed by atoms with Gasteiger partial charge >= 0.3 is 11.9 Å². The molecule has 0 aliphatic heterocycles. The minimum atomic E-state index is -0.752. The van der Waals surface area contributed by atoms with Gasteiger partial charge in [0.2, 0.25) is 0 Å². The zero-order chi connectivity index (χ0) is 21.6. The van der Waals surface area contributed by atoms with Crippen LogP contribution in [0, 0.1) is 0 Å². The van der Waals surface area contributed by atoms with Crippen molar-refractivity contribution in [2.24, 2.45) is 0 Å². The second-order valence-corrected chi connectivity index (χ2v) is 5.74. The van der Waals surface area contributed by atoms with Gasteiger partial charge in [0.15, 0.2) is 0 Å². The molecule has 0 fully saturated rings. The Kier molecular flexibility index (Phi) is 9.98. The summed E-state index contributed by atoms with van der Waals surface area (Å²) in [6.45, 7) is -0.809. The second kappa shape index (κ2) is 13.0. The third-order valence-corrected chi connectivity index (χ3v) is 3.64. The van der Waals surface area contributed by atoms with E-state index in [4.69, 9.17) is 10.2 Å². The summed E-state index contributed by atoms with van der Waals surface area (Å²) in [7, 11) is 0. The van der Waals surface area contributed by atoms with Gasteiger partial charge in [0.1, 0.15) is 13.2 Å². The normalized spacial score (nSPS) is 11.1. The number of benzene rings is 2. The van der Waals surface area contributed by atoms with E-state index in [1.165, 1.54) is 18.2 Å². The molecule has 8 heteroatoms. The molecule has 2 aromatic rings. The van der Waals surface area contributed by atoms with E-state index in [2.05, 4.69) is 19.6 Å². The average molecular weight is 414 g/mol. The molecule has 2 rings (SSSR count). The summed E-state index contributed by atoms with van der Waals surface area (Å²) in [5.41, 5.74) is 3.02.